The van der Waals surface area contributed by atoms with Gasteiger partial charge in [0.2, 0.25) is 0 Å². The first-order chi connectivity index (χ1) is 9.20. The average molecular weight is 323 g/mol. The van der Waals surface area contributed by atoms with E-state index in [1.807, 2.05) is 19.1 Å². The number of nitrogens with zero attached hydrogens (tertiary/aromatic N) is 2. The van der Waals surface area contributed by atoms with Gasteiger partial charge in [-0.1, -0.05) is 0 Å². The number of halogens is 1. The van der Waals surface area contributed by atoms with E-state index < -0.39 is 0 Å². The summed E-state index contributed by atoms with van der Waals surface area (Å²) in [6, 6.07) is 3.86. The molecule has 100 valence electrons. The summed E-state index contributed by atoms with van der Waals surface area (Å²) in [6.07, 6.45) is 4.37. The first-order valence-corrected chi connectivity index (χ1v) is 6.73. The third kappa shape index (κ3) is 2.62. The SMILES string of the molecule is COCCn1c(C)c(C=O)c(Br)c1-c1ccncc1. The lowest BCUT2D eigenvalue weighted by atomic mass is 10.2. The van der Waals surface area contributed by atoms with Crippen LogP contribution in [0.1, 0.15) is 16.1 Å². The molecule has 2 aromatic rings. The van der Waals surface area contributed by atoms with Crippen LogP contribution in [0.25, 0.3) is 11.3 Å². The maximum atomic E-state index is 11.2. The molecule has 0 radical (unpaired) electrons. The van der Waals surface area contributed by atoms with Gasteiger partial charge in [0.1, 0.15) is 0 Å². The molecule has 0 saturated heterocycles. The van der Waals surface area contributed by atoms with Crippen LogP contribution in [0.3, 0.4) is 0 Å². The molecule has 0 aliphatic heterocycles. The monoisotopic (exact) mass is 322 g/mol. The first kappa shape index (κ1) is 14.0. The maximum absolute atomic E-state index is 11.2. The van der Waals surface area contributed by atoms with Gasteiger partial charge in [0.25, 0.3) is 0 Å². The zero-order valence-corrected chi connectivity index (χ0v) is 12.5. The van der Waals surface area contributed by atoms with Crippen molar-refractivity contribution >= 4 is 22.2 Å². The molecular formula is C14H15BrN2O2. The minimum atomic E-state index is 0.596. The van der Waals surface area contributed by atoms with Gasteiger partial charge in [0.15, 0.2) is 6.29 Å². The number of carbonyl (C=O) groups excluding carboxylic acids is 1. The fraction of sp³-hybridized carbons (Fsp3) is 0.286. The molecule has 0 amide bonds. The second-order valence-corrected chi connectivity index (χ2v) is 4.95. The van der Waals surface area contributed by atoms with Gasteiger partial charge < -0.3 is 9.30 Å². The summed E-state index contributed by atoms with van der Waals surface area (Å²) in [5.74, 6) is 0. The molecule has 2 rings (SSSR count). The lowest BCUT2D eigenvalue weighted by Crippen LogP contribution is -2.07. The molecule has 4 nitrogen and oxygen atoms in total. The highest BCUT2D eigenvalue weighted by Gasteiger charge is 2.19. The van der Waals surface area contributed by atoms with E-state index in [9.17, 15) is 4.79 Å². The predicted molar refractivity (Wildman–Crippen MR) is 77.4 cm³/mol. The molecular weight excluding hydrogens is 308 g/mol. The standard InChI is InChI=1S/C14H15BrN2O2/c1-10-12(9-18)13(15)14(17(10)7-8-19-2)11-3-5-16-6-4-11/h3-6,9H,7-8H2,1-2H3. The van der Waals surface area contributed by atoms with Crippen LogP contribution in [0, 0.1) is 6.92 Å². The van der Waals surface area contributed by atoms with Crippen molar-refractivity contribution in [3.63, 3.8) is 0 Å². The van der Waals surface area contributed by atoms with Crippen LogP contribution < -0.4 is 0 Å². The number of methoxy groups -OCH3 is 1. The van der Waals surface area contributed by atoms with E-state index in [1.165, 1.54) is 0 Å². The summed E-state index contributed by atoms with van der Waals surface area (Å²) in [5.41, 5.74) is 3.63. The molecule has 0 fully saturated rings. The van der Waals surface area contributed by atoms with Crippen LogP contribution in [0.2, 0.25) is 0 Å². The molecule has 0 N–H and O–H groups in total. The Kier molecular flexibility index (Phi) is 4.50. The largest absolute Gasteiger partial charge is 0.383 e. The van der Waals surface area contributed by atoms with E-state index in [-0.39, 0.29) is 0 Å². The van der Waals surface area contributed by atoms with Crippen LogP contribution >= 0.6 is 15.9 Å². The number of rotatable bonds is 5. The molecule has 0 bridgehead atoms. The predicted octanol–water partition coefficient (Wildman–Crippen LogP) is 3.08. The van der Waals surface area contributed by atoms with Crippen LogP contribution in [0.15, 0.2) is 29.0 Å². The minimum absolute atomic E-state index is 0.596. The van der Waals surface area contributed by atoms with Gasteiger partial charge in [-0.2, -0.15) is 0 Å². The molecule has 2 aromatic heterocycles. The third-order valence-electron chi connectivity index (χ3n) is 3.10. The van der Waals surface area contributed by atoms with Crippen molar-refractivity contribution in [1.29, 1.82) is 0 Å². The van der Waals surface area contributed by atoms with Crippen LogP contribution in [0.5, 0.6) is 0 Å². The Hall–Kier alpha value is -1.46. The van der Waals surface area contributed by atoms with Gasteiger partial charge in [-0.15, -0.1) is 0 Å². The van der Waals surface area contributed by atoms with Crippen LogP contribution in [0.4, 0.5) is 0 Å². The van der Waals surface area contributed by atoms with E-state index in [0.717, 1.165) is 27.7 Å². The number of hydrogen-bond acceptors (Lipinski definition) is 3. The normalized spacial score (nSPS) is 10.7. The number of aldehydes is 1. The molecule has 0 aliphatic carbocycles. The zero-order valence-electron chi connectivity index (χ0n) is 10.9. The van der Waals surface area contributed by atoms with Crippen molar-refractivity contribution in [1.82, 2.24) is 9.55 Å². The van der Waals surface area contributed by atoms with Gasteiger partial charge in [-0.3, -0.25) is 9.78 Å². The lowest BCUT2D eigenvalue weighted by Gasteiger charge is -2.11. The summed E-state index contributed by atoms with van der Waals surface area (Å²) >= 11 is 3.53. The molecule has 0 spiro atoms. The highest BCUT2D eigenvalue weighted by atomic mass is 79.9. The fourth-order valence-corrected chi connectivity index (χ4v) is 2.93. The molecule has 5 heteroatoms. The Morgan fingerprint density at radius 1 is 1.42 bits per heavy atom. The lowest BCUT2D eigenvalue weighted by molar-refractivity contribution is 0.112. The topological polar surface area (TPSA) is 44.1 Å². The Balaban J connectivity index is 2.60. The summed E-state index contributed by atoms with van der Waals surface area (Å²) in [7, 11) is 1.67. The maximum Gasteiger partial charge on any atom is 0.153 e. The Morgan fingerprint density at radius 3 is 2.68 bits per heavy atom. The van der Waals surface area contributed by atoms with Crippen molar-refractivity contribution in [3.05, 3.63) is 40.3 Å². The molecule has 2 heterocycles. The highest BCUT2D eigenvalue weighted by molar-refractivity contribution is 9.10. The summed E-state index contributed by atoms with van der Waals surface area (Å²) < 4.78 is 8.05. The first-order valence-electron chi connectivity index (χ1n) is 5.93. The van der Waals surface area contributed by atoms with Gasteiger partial charge in [0, 0.05) is 42.9 Å². The Morgan fingerprint density at radius 2 is 2.11 bits per heavy atom. The summed E-state index contributed by atoms with van der Waals surface area (Å²) in [4.78, 5) is 15.3. The zero-order chi connectivity index (χ0) is 13.8. The number of ether oxygens (including phenoxy) is 1. The van der Waals surface area contributed by atoms with E-state index in [4.69, 9.17) is 4.74 Å². The van der Waals surface area contributed by atoms with Crippen molar-refractivity contribution in [2.75, 3.05) is 13.7 Å². The second-order valence-electron chi connectivity index (χ2n) is 4.16. The highest BCUT2D eigenvalue weighted by Crippen LogP contribution is 2.34. The van der Waals surface area contributed by atoms with E-state index in [0.29, 0.717) is 18.7 Å². The van der Waals surface area contributed by atoms with E-state index >= 15 is 0 Å². The van der Waals surface area contributed by atoms with Crippen molar-refractivity contribution < 1.29 is 9.53 Å². The third-order valence-corrected chi connectivity index (χ3v) is 3.90. The average Bonchev–Trinajstić information content (AvgIpc) is 2.68. The fourth-order valence-electron chi connectivity index (χ4n) is 2.11. The van der Waals surface area contributed by atoms with Crippen LogP contribution in [-0.4, -0.2) is 29.6 Å². The number of hydrogen-bond donors (Lipinski definition) is 0. The summed E-state index contributed by atoms with van der Waals surface area (Å²) in [6.45, 7) is 3.24. The quantitative estimate of drug-likeness (QED) is 0.794. The smallest absolute Gasteiger partial charge is 0.153 e. The Bertz CT molecular complexity index is 579. The second kappa shape index (κ2) is 6.12. The molecule has 0 aromatic carbocycles. The number of aromatic nitrogens is 2. The Labute approximate surface area is 120 Å². The van der Waals surface area contributed by atoms with Crippen molar-refractivity contribution in [3.8, 4) is 11.3 Å². The molecule has 0 saturated carbocycles. The van der Waals surface area contributed by atoms with Gasteiger partial charge in [0.05, 0.1) is 16.8 Å². The van der Waals surface area contributed by atoms with Gasteiger partial charge in [-0.05, 0) is 35.0 Å². The summed E-state index contributed by atoms with van der Waals surface area (Å²) in [5, 5.41) is 0. The van der Waals surface area contributed by atoms with Gasteiger partial charge >= 0.3 is 0 Å². The van der Waals surface area contributed by atoms with Crippen molar-refractivity contribution in [2.24, 2.45) is 0 Å². The van der Waals surface area contributed by atoms with E-state index in [1.54, 1.807) is 19.5 Å². The minimum Gasteiger partial charge on any atom is -0.383 e. The van der Waals surface area contributed by atoms with Gasteiger partial charge in [-0.25, -0.2) is 0 Å². The molecule has 19 heavy (non-hydrogen) atoms. The number of carbonyl (C=O) groups is 1. The number of pyridine rings is 1. The molecule has 0 atom stereocenters. The molecule has 0 unspecified atom stereocenters. The molecule has 0 aliphatic rings. The van der Waals surface area contributed by atoms with Crippen LogP contribution in [-0.2, 0) is 11.3 Å². The van der Waals surface area contributed by atoms with Crippen molar-refractivity contribution in [2.45, 2.75) is 13.5 Å². The van der Waals surface area contributed by atoms with E-state index in [2.05, 4.69) is 25.5 Å².